The first-order valence-electron chi connectivity index (χ1n) is 6.25. The number of rotatable bonds is 7. The minimum atomic E-state index is -0.396. The van der Waals surface area contributed by atoms with Crippen molar-refractivity contribution in [2.24, 2.45) is 0 Å². The third kappa shape index (κ3) is 4.06. The molecule has 0 aliphatic rings. The number of nitrogens with two attached hydrogens (primary N) is 1. The lowest BCUT2D eigenvalue weighted by atomic mass is 10.2. The van der Waals surface area contributed by atoms with E-state index in [1.165, 1.54) is 0 Å². The van der Waals surface area contributed by atoms with Crippen molar-refractivity contribution in [2.45, 2.75) is 13.0 Å². The van der Waals surface area contributed by atoms with E-state index in [9.17, 15) is 4.79 Å². The van der Waals surface area contributed by atoms with Gasteiger partial charge in [-0.3, -0.25) is 4.79 Å². The Balaban J connectivity index is 1.58. The number of benzene rings is 1. The van der Waals surface area contributed by atoms with Gasteiger partial charge in [0.15, 0.2) is 0 Å². The molecule has 0 saturated carbocycles. The second-order valence-electron chi connectivity index (χ2n) is 4.15. The highest BCUT2D eigenvalue weighted by Gasteiger charge is 2.14. The zero-order valence-corrected chi connectivity index (χ0v) is 10.9. The van der Waals surface area contributed by atoms with Gasteiger partial charge in [-0.15, -0.1) is 0 Å². The van der Waals surface area contributed by atoms with Crippen LogP contribution < -0.4 is 11.1 Å². The van der Waals surface area contributed by atoms with Gasteiger partial charge in [-0.25, -0.2) is 4.63 Å². The Hall–Kier alpha value is -2.41. The van der Waals surface area contributed by atoms with E-state index in [0.717, 1.165) is 5.56 Å². The van der Waals surface area contributed by atoms with Crippen molar-refractivity contribution in [1.82, 2.24) is 15.6 Å². The molecule has 7 heteroatoms. The van der Waals surface area contributed by atoms with Gasteiger partial charge in [0.1, 0.15) is 0 Å². The highest BCUT2D eigenvalue weighted by atomic mass is 16.6. The van der Waals surface area contributed by atoms with Crippen LogP contribution in [0, 0.1) is 0 Å². The third-order valence-electron chi connectivity index (χ3n) is 2.59. The van der Waals surface area contributed by atoms with Gasteiger partial charge in [0.2, 0.25) is 11.5 Å². The van der Waals surface area contributed by atoms with Crippen LogP contribution in [0.3, 0.4) is 0 Å². The summed E-state index contributed by atoms with van der Waals surface area (Å²) in [5, 5.41) is 9.41. The second kappa shape index (κ2) is 7.25. The first kappa shape index (κ1) is 14.0. The van der Waals surface area contributed by atoms with Crippen molar-refractivity contribution in [1.29, 1.82) is 0 Å². The quantitative estimate of drug-likeness (QED) is 0.731. The Kier molecular flexibility index (Phi) is 5.08. The lowest BCUT2D eigenvalue weighted by molar-refractivity contribution is 0.0926. The van der Waals surface area contributed by atoms with Crippen LogP contribution in [0.25, 0.3) is 0 Å². The predicted molar refractivity (Wildman–Crippen MR) is 71.8 cm³/mol. The molecular formula is C13H16N4O3. The third-order valence-corrected chi connectivity index (χ3v) is 2.59. The van der Waals surface area contributed by atoms with Gasteiger partial charge in [-0.2, -0.15) is 0 Å². The van der Waals surface area contributed by atoms with Crippen LogP contribution in [0.5, 0.6) is 0 Å². The number of carbonyl (C=O) groups excluding carboxylic acids is 1. The molecule has 0 fully saturated rings. The fourth-order valence-electron chi connectivity index (χ4n) is 1.58. The zero-order chi connectivity index (χ0) is 14.2. The number of anilines is 1. The van der Waals surface area contributed by atoms with E-state index < -0.39 is 5.91 Å². The maximum Gasteiger partial charge on any atom is 0.277 e. The molecule has 0 aliphatic heterocycles. The zero-order valence-electron chi connectivity index (χ0n) is 10.9. The van der Waals surface area contributed by atoms with Gasteiger partial charge >= 0.3 is 0 Å². The van der Waals surface area contributed by atoms with Crippen LogP contribution in [0.1, 0.15) is 22.5 Å². The smallest absolute Gasteiger partial charge is 0.277 e. The molecule has 2 rings (SSSR count). The lowest BCUT2D eigenvalue weighted by Crippen LogP contribution is -2.26. The highest BCUT2D eigenvalue weighted by Crippen LogP contribution is 2.03. The standard InChI is InChI=1S/C13H16N4O3/c14-12-11(16-20-17-12)13(18)15-7-4-8-19-9-10-5-2-1-3-6-10/h1-3,5-6H,4,7-9H2,(H2,14,17)(H,15,18). The Labute approximate surface area is 116 Å². The molecule has 0 radical (unpaired) electrons. The van der Waals surface area contributed by atoms with Crippen LogP contribution in [0.4, 0.5) is 5.82 Å². The van der Waals surface area contributed by atoms with E-state index in [-0.39, 0.29) is 11.5 Å². The summed E-state index contributed by atoms with van der Waals surface area (Å²) in [5.74, 6) is -0.408. The van der Waals surface area contributed by atoms with Gasteiger partial charge in [-0.05, 0) is 22.3 Å². The average molecular weight is 276 g/mol. The Morgan fingerprint density at radius 3 is 2.80 bits per heavy atom. The SMILES string of the molecule is Nc1nonc1C(=O)NCCCOCc1ccccc1. The van der Waals surface area contributed by atoms with Crippen molar-refractivity contribution in [2.75, 3.05) is 18.9 Å². The molecule has 1 heterocycles. The Morgan fingerprint density at radius 2 is 2.10 bits per heavy atom. The predicted octanol–water partition coefficient (Wildman–Crippen LogP) is 0.988. The fraction of sp³-hybridized carbons (Fsp3) is 0.308. The number of nitrogens with zero attached hydrogens (tertiary/aromatic N) is 2. The van der Waals surface area contributed by atoms with Crippen molar-refractivity contribution in [3.63, 3.8) is 0 Å². The minimum Gasteiger partial charge on any atom is -0.379 e. The minimum absolute atomic E-state index is 0.00945. The summed E-state index contributed by atoms with van der Waals surface area (Å²) in [6.07, 6.45) is 0.698. The number of nitrogens with one attached hydrogen (secondary N) is 1. The van der Waals surface area contributed by atoms with Gasteiger partial charge in [-0.1, -0.05) is 30.3 Å². The van der Waals surface area contributed by atoms with Crippen LogP contribution in [-0.2, 0) is 11.3 Å². The maximum atomic E-state index is 11.6. The average Bonchev–Trinajstić information content (AvgIpc) is 2.90. The van der Waals surface area contributed by atoms with Crippen molar-refractivity contribution in [3.8, 4) is 0 Å². The summed E-state index contributed by atoms with van der Waals surface area (Å²) in [6, 6.07) is 9.90. The molecule has 0 unspecified atom stereocenters. The topological polar surface area (TPSA) is 103 Å². The normalized spacial score (nSPS) is 10.4. The van der Waals surface area contributed by atoms with Crippen molar-refractivity contribution in [3.05, 3.63) is 41.6 Å². The first-order chi connectivity index (χ1) is 9.77. The summed E-state index contributed by atoms with van der Waals surface area (Å²) in [6.45, 7) is 1.59. The summed E-state index contributed by atoms with van der Waals surface area (Å²) in [4.78, 5) is 11.6. The molecular weight excluding hydrogens is 260 g/mol. The number of ether oxygens (including phenoxy) is 1. The second-order valence-corrected chi connectivity index (χ2v) is 4.15. The largest absolute Gasteiger partial charge is 0.379 e. The van der Waals surface area contributed by atoms with Gasteiger partial charge in [0, 0.05) is 13.2 Å². The number of nitrogen functional groups attached to an aromatic ring is 1. The van der Waals surface area contributed by atoms with Crippen LogP contribution in [-0.4, -0.2) is 29.4 Å². The van der Waals surface area contributed by atoms with Crippen molar-refractivity contribution >= 4 is 11.7 Å². The lowest BCUT2D eigenvalue weighted by Gasteiger charge is -2.05. The summed E-state index contributed by atoms with van der Waals surface area (Å²) < 4.78 is 9.84. The molecule has 1 aromatic heterocycles. The highest BCUT2D eigenvalue weighted by molar-refractivity contribution is 5.95. The van der Waals surface area contributed by atoms with E-state index in [1.807, 2.05) is 30.3 Å². The first-order valence-corrected chi connectivity index (χ1v) is 6.25. The Morgan fingerprint density at radius 1 is 1.30 bits per heavy atom. The van der Waals surface area contributed by atoms with Crippen LogP contribution in [0.15, 0.2) is 35.0 Å². The van der Waals surface area contributed by atoms with E-state index >= 15 is 0 Å². The molecule has 2 aromatic rings. The summed E-state index contributed by atoms with van der Waals surface area (Å²) in [5.41, 5.74) is 6.54. The molecule has 0 spiro atoms. The number of aromatic nitrogens is 2. The molecule has 0 aliphatic carbocycles. The molecule has 1 aromatic carbocycles. The number of amides is 1. The Bertz CT molecular complexity index is 542. The molecule has 0 atom stereocenters. The fourth-order valence-corrected chi connectivity index (χ4v) is 1.58. The van der Waals surface area contributed by atoms with Gasteiger partial charge in [0.25, 0.3) is 5.91 Å². The van der Waals surface area contributed by atoms with E-state index in [2.05, 4.69) is 20.3 Å². The maximum absolute atomic E-state index is 11.6. The van der Waals surface area contributed by atoms with Crippen LogP contribution in [0.2, 0.25) is 0 Å². The van der Waals surface area contributed by atoms with E-state index in [4.69, 9.17) is 10.5 Å². The molecule has 0 saturated heterocycles. The molecule has 3 N–H and O–H groups in total. The molecule has 0 bridgehead atoms. The van der Waals surface area contributed by atoms with E-state index in [0.29, 0.717) is 26.2 Å². The summed E-state index contributed by atoms with van der Waals surface area (Å²) >= 11 is 0. The van der Waals surface area contributed by atoms with Crippen molar-refractivity contribution < 1.29 is 14.2 Å². The van der Waals surface area contributed by atoms with Gasteiger partial charge in [0.05, 0.1) is 6.61 Å². The number of hydrogen-bond acceptors (Lipinski definition) is 6. The van der Waals surface area contributed by atoms with E-state index in [1.54, 1.807) is 0 Å². The van der Waals surface area contributed by atoms with Gasteiger partial charge < -0.3 is 15.8 Å². The monoisotopic (exact) mass is 276 g/mol. The number of carbonyl (C=O) groups is 1. The summed E-state index contributed by atoms with van der Waals surface area (Å²) in [7, 11) is 0. The van der Waals surface area contributed by atoms with Crippen LogP contribution >= 0.6 is 0 Å². The number of hydrogen-bond donors (Lipinski definition) is 2. The molecule has 7 nitrogen and oxygen atoms in total. The molecule has 106 valence electrons. The molecule has 20 heavy (non-hydrogen) atoms. The molecule has 1 amide bonds.